The maximum Gasteiger partial charge on any atom is 0.407 e. The normalized spacial score (nSPS) is 21.1. The second-order valence-electron chi connectivity index (χ2n) is 11.2. The molecule has 2 unspecified atom stereocenters. The quantitative estimate of drug-likeness (QED) is 0.0337. The highest BCUT2D eigenvalue weighted by molar-refractivity contribution is 8.00. The molecule has 0 aliphatic carbocycles. The number of β-lactam (4-membered cyclic amide) rings is 1. The average Bonchev–Trinajstić information content (AvgIpc) is 3.58. The maximum atomic E-state index is 13.4. The molecule has 3 atom stereocenters. The van der Waals surface area contributed by atoms with Gasteiger partial charge in [0.05, 0.1) is 0 Å². The van der Waals surface area contributed by atoms with Crippen LogP contribution in [-0.2, 0) is 28.8 Å². The third kappa shape index (κ3) is 8.18. The molecule has 46 heavy (non-hydrogen) atoms. The smallest absolute Gasteiger partial charge is 0.407 e. The molecule has 2 fully saturated rings. The summed E-state index contributed by atoms with van der Waals surface area (Å²) in [7, 11) is 0. The van der Waals surface area contributed by atoms with Crippen LogP contribution >= 0.6 is 34.9 Å². The number of aromatic nitrogens is 4. The molecule has 2 aromatic rings. The number of anilines is 1. The third-order valence-corrected chi connectivity index (χ3v) is 10.2. The molecule has 0 saturated carbocycles. The number of thiazole rings is 1. The lowest BCUT2D eigenvalue weighted by atomic mass is 9.89. The molecule has 6 N–H and O–H groups in total. The zero-order chi connectivity index (χ0) is 33.6. The van der Waals surface area contributed by atoms with Crippen LogP contribution in [0.4, 0.5) is 9.93 Å². The number of aryl methyl sites for hydroxylation is 1. The van der Waals surface area contributed by atoms with Gasteiger partial charge in [-0.2, -0.15) is 0 Å². The Hall–Kier alpha value is -4.11. The second kappa shape index (κ2) is 14.5. The molecule has 2 aliphatic heterocycles. The van der Waals surface area contributed by atoms with Crippen LogP contribution in [0.3, 0.4) is 0 Å². The van der Waals surface area contributed by atoms with Crippen LogP contribution in [0.25, 0.3) is 0 Å². The van der Waals surface area contributed by atoms with Crippen molar-refractivity contribution in [3.8, 4) is 0 Å². The number of carbonyl (C=O) groups excluding carboxylic acids is 4. The fourth-order valence-corrected chi connectivity index (χ4v) is 7.64. The van der Waals surface area contributed by atoms with Gasteiger partial charge >= 0.3 is 12.1 Å². The summed E-state index contributed by atoms with van der Waals surface area (Å²) in [5.74, 6) is 4.37. The van der Waals surface area contributed by atoms with Crippen molar-refractivity contribution in [3.05, 3.63) is 16.9 Å². The Bertz CT molecular complexity index is 1510. The first-order chi connectivity index (χ1) is 21.7. The van der Waals surface area contributed by atoms with Crippen molar-refractivity contribution in [2.75, 3.05) is 42.4 Å². The highest BCUT2D eigenvalue weighted by Gasteiger charge is 2.57. The Labute approximate surface area is 275 Å². The monoisotopic (exact) mass is 698 g/mol. The van der Waals surface area contributed by atoms with Crippen LogP contribution in [0.2, 0.25) is 0 Å². The summed E-state index contributed by atoms with van der Waals surface area (Å²) in [6.07, 6.45) is 0.199. The Morgan fingerprint density at radius 1 is 1.33 bits per heavy atom. The first-order valence-corrected chi connectivity index (χ1v) is 16.8. The minimum atomic E-state index is -1.28. The van der Waals surface area contributed by atoms with Crippen molar-refractivity contribution in [2.45, 2.75) is 56.3 Å². The van der Waals surface area contributed by atoms with E-state index in [0.717, 1.165) is 23.1 Å². The van der Waals surface area contributed by atoms with Gasteiger partial charge in [0.1, 0.15) is 40.6 Å². The van der Waals surface area contributed by atoms with E-state index in [1.807, 2.05) is 0 Å². The molecule has 4 heterocycles. The molecular weight excluding hydrogens is 665 g/mol. The SMILES string of the molecule is Cc1nnc(SCC2(C(=O)O)CS[C@@H]3C(NC(=O)C(=NOCCCNC(=O)OC(C)(C)C)c4csc(NC=O)n4)C(=O)N3C2)n1N. The average molecular weight is 699 g/mol. The summed E-state index contributed by atoms with van der Waals surface area (Å²) < 4.78 is 6.44. The van der Waals surface area contributed by atoms with Crippen LogP contribution < -0.4 is 21.8 Å². The molecule has 21 heteroatoms. The van der Waals surface area contributed by atoms with Crippen LogP contribution in [0.1, 0.15) is 38.7 Å². The molecule has 0 aromatic carbocycles. The van der Waals surface area contributed by atoms with Gasteiger partial charge in [0.2, 0.25) is 17.5 Å². The standard InChI is InChI=1S/C25H34N10O8S3/c1-13-31-32-22(35(13)26)46-11-25(20(39)40)9-34-18(38)16(19(34)45-10-25)30-17(37)15(14-8-44-21(29-14)28-12-36)33-42-7-5-6-27-23(41)43-24(2,3)4/h8,12,16,19H,5-7,9-11,26H2,1-4H3,(H,27,41)(H,30,37)(H,39,40)(H,28,29,36)/t16?,19-,25?/m1/s1. The van der Waals surface area contributed by atoms with Crippen molar-refractivity contribution in [1.29, 1.82) is 0 Å². The first kappa shape index (κ1) is 34.8. The lowest BCUT2D eigenvalue weighted by molar-refractivity contribution is -0.157. The number of amides is 4. The number of carbonyl (C=O) groups is 5. The predicted octanol–water partition coefficient (Wildman–Crippen LogP) is 0.224. The van der Waals surface area contributed by atoms with Crippen LogP contribution in [-0.4, -0.2) is 114 Å². The lowest BCUT2D eigenvalue weighted by Gasteiger charge is -2.53. The molecule has 2 saturated heterocycles. The molecule has 4 rings (SSSR count). The van der Waals surface area contributed by atoms with Gasteiger partial charge in [-0.3, -0.25) is 19.2 Å². The lowest BCUT2D eigenvalue weighted by Crippen LogP contribution is -2.74. The van der Waals surface area contributed by atoms with E-state index in [9.17, 15) is 29.1 Å². The van der Waals surface area contributed by atoms with Gasteiger partial charge in [-0.15, -0.1) is 33.3 Å². The van der Waals surface area contributed by atoms with Crippen molar-refractivity contribution >= 4 is 76.0 Å². The van der Waals surface area contributed by atoms with Crippen LogP contribution in [0.15, 0.2) is 15.7 Å². The van der Waals surface area contributed by atoms with E-state index in [1.54, 1.807) is 27.7 Å². The van der Waals surface area contributed by atoms with Crippen molar-refractivity contribution in [2.24, 2.45) is 10.6 Å². The van der Waals surface area contributed by atoms with Crippen molar-refractivity contribution < 1.29 is 38.7 Å². The minimum absolute atomic E-state index is 0.0279. The van der Waals surface area contributed by atoms with Gasteiger partial charge in [-0.05, 0) is 27.7 Å². The fraction of sp³-hybridized carbons (Fsp3) is 0.560. The molecule has 0 spiro atoms. The van der Waals surface area contributed by atoms with Crippen molar-refractivity contribution in [3.63, 3.8) is 0 Å². The molecule has 0 bridgehead atoms. The molecule has 2 aliphatic rings. The number of oxime groups is 1. The molecule has 0 radical (unpaired) electrons. The minimum Gasteiger partial charge on any atom is -0.481 e. The Morgan fingerprint density at radius 3 is 2.74 bits per heavy atom. The van der Waals surface area contributed by atoms with E-state index < -0.39 is 46.3 Å². The van der Waals surface area contributed by atoms with Gasteiger partial charge in [0, 0.05) is 36.4 Å². The number of aliphatic carboxylic acids is 1. The Kier molecular flexibility index (Phi) is 11.0. The number of hydrogen-bond donors (Lipinski definition) is 5. The van der Waals surface area contributed by atoms with Gasteiger partial charge in [-0.1, -0.05) is 16.9 Å². The molecule has 18 nitrogen and oxygen atoms in total. The first-order valence-electron chi connectivity index (χ1n) is 13.8. The summed E-state index contributed by atoms with van der Waals surface area (Å²) in [6, 6.07) is -0.943. The largest absolute Gasteiger partial charge is 0.481 e. The highest BCUT2D eigenvalue weighted by atomic mass is 32.2. The number of ether oxygens (including phenoxy) is 1. The van der Waals surface area contributed by atoms with Gasteiger partial charge in [-0.25, -0.2) is 14.5 Å². The number of nitrogens with zero attached hydrogens (tertiary/aromatic N) is 6. The van der Waals surface area contributed by atoms with E-state index in [4.69, 9.17) is 15.4 Å². The number of carboxylic acids is 1. The van der Waals surface area contributed by atoms with Crippen molar-refractivity contribution in [1.82, 2.24) is 35.4 Å². The summed E-state index contributed by atoms with van der Waals surface area (Å²) in [5.41, 5.74) is -2.06. The van der Waals surface area contributed by atoms with E-state index in [0.29, 0.717) is 23.8 Å². The zero-order valence-corrected chi connectivity index (χ0v) is 27.8. The summed E-state index contributed by atoms with van der Waals surface area (Å²) in [4.78, 5) is 72.5. The number of carboxylic acid groups (broad SMARTS) is 1. The number of nitrogen functional groups attached to an aromatic ring is 1. The molecule has 2 aromatic heterocycles. The summed E-state index contributed by atoms with van der Waals surface area (Å²) in [5, 5.41) is 31.1. The van der Waals surface area contributed by atoms with E-state index in [1.165, 1.54) is 26.7 Å². The number of nitrogens with one attached hydrogen (secondary N) is 3. The number of hydrogen-bond acceptors (Lipinski definition) is 15. The summed E-state index contributed by atoms with van der Waals surface area (Å²) >= 11 is 3.43. The molecule has 250 valence electrons. The van der Waals surface area contributed by atoms with Crippen LogP contribution in [0.5, 0.6) is 0 Å². The maximum absolute atomic E-state index is 13.4. The molecular formula is C25H34N10O8S3. The van der Waals surface area contributed by atoms with Gasteiger partial charge < -0.3 is 41.4 Å². The highest BCUT2D eigenvalue weighted by Crippen LogP contribution is 2.44. The van der Waals surface area contributed by atoms with E-state index >= 15 is 0 Å². The predicted molar refractivity (Wildman–Crippen MR) is 169 cm³/mol. The van der Waals surface area contributed by atoms with E-state index in [2.05, 4.69) is 36.3 Å². The van der Waals surface area contributed by atoms with E-state index in [-0.39, 0.29) is 47.7 Å². The Morgan fingerprint density at radius 2 is 2.09 bits per heavy atom. The Balaban J connectivity index is 1.37. The number of alkyl carbamates (subject to hydrolysis) is 1. The van der Waals surface area contributed by atoms with Gasteiger partial charge in [0.15, 0.2) is 10.8 Å². The van der Waals surface area contributed by atoms with Crippen LogP contribution in [0, 0.1) is 12.3 Å². The second-order valence-corrected chi connectivity index (χ2v) is 14.2. The number of rotatable bonds is 14. The number of thioether (sulfide) groups is 2. The summed E-state index contributed by atoms with van der Waals surface area (Å²) in [6.45, 7) is 7.09. The third-order valence-electron chi connectivity index (χ3n) is 6.58. The number of fused-ring (bicyclic) bond motifs is 1. The zero-order valence-electron chi connectivity index (χ0n) is 25.3. The number of nitrogens with two attached hydrogens (primary N) is 1. The molecule has 4 amide bonds. The van der Waals surface area contributed by atoms with Gasteiger partial charge in [0.25, 0.3) is 5.91 Å². The fourth-order valence-electron chi connectivity index (χ4n) is 4.22. The topological polar surface area (TPSA) is 245 Å².